The Morgan fingerprint density at radius 3 is 2.49 bits per heavy atom. The van der Waals surface area contributed by atoms with Crippen LogP contribution in [0.15, 0.2) is 48.5 Å². The van der Waals surface area contributed by atoms with Gasteiger partial charge in [-0.3, -0.25) is 14.4 Å². The lowest BCUT2D eigenvalue weighted by atomic mass is 9.80. The van der Waals surface area contributed by atoms with Crippen LogP contribution in [0, 0.1) is 11.3 Å². The summed E-state index contributed by atoms with van der Waals surface area (Å²) in [4.78, 5) is 37.0. The number of Topliss-reactive ketones (excluding diaryl/α,β-unsaturated/α-hetero) is 2. The minimum Gasteiger partial charge on any atom is -0.380 e. The molecule has 1 heterocycles. The summed E-state index contributed by atoms with van der Waals surface area (Å²) in [5.41, 5.74) is -0.153. The minimum atomic E-state index is -4.46. The summed E-state index contributed by atoms with van der Waals surface area (Å²) in [5, 5.41) is 5.77. The topological polar surface area (TPSA) is 84.5 Å². The number of hydrogen-bond acceptors (Lipinski definition) is 5. The van der Waals surface area contributed by atoms with E-state index in [0.29, 0.717) is 63.8 Å². The normalized spacial score (nSPS) is 21.7. The quantitative estimate of drug-likeness (QED) is 0.431. The first-order valence-electron chi connectivity index (χ1n) is 12.6. The van der Waals surface area contributed by atoms with Crippen molar-refractivity contribution in [2.75, 3.05) is 18.5 Å². The second-order valence-corrected chi connectivity index (χ2v) is 9.93. The van der Waals surface area contributed by atoms with Crippen LogP contribution in [0.25, 0.3) is 0 Å². The van der Waals surface area contributed by atoms with Crippen molar-refractivity contribution in [3.05, 3.63) is 59.7 Å². The number of hydrogen-bond donors (Lipinski definition) is 2. The Labute approximate surface area is 214 Å². The van der Waals surface area contributed by atoms with Crippen LogP contribution in [-0.4, -0.2) is 30.7 Å². The second-order valence-electron chi connectivity index (χ2n) is 9.93. The zero-order valence-corrected chi connectivity index (χ0v) is 20.5. The molecule has 6 nitrogen and oxygen atoms in total. The van der Waals surface area contributed by atoms with E-state index in [1.54, 1.807) is 24.3 Å². The molecule has 37 heavy (non-hydrogen) atoms. The smallest absolute Gasteiger partial charge is 0.380 e. The van der Waals surface area contributed by atoms with E-state index < -0.39 is 17.2 Å². The molecule has 0 bridgehead atoms. The maximum Gasteiger partial charge on any atom is 0.418 e. The van der Waals surface area contributed by atoms with Gasteiger partial charge in [0.25, 0.3) is 0 Å². The molecule has 4 rings (SSSR count). The average Bonchev–Trinajstić information content (AvgIpc) is 3.53. The van der Waals surface area contributed by atoms with Crippen molar-refractivity contribution < 1.29 is 32.3 Å². The van der Waals surface area contributed by atoms with Gasteiger partial charge in [-0.1, -0.05) is 24.3 Å². The van der Waals surface area contributed by atoms with Crippen LogP contribution in [0.5, 0.6) is 0 Å². The minimum absolute atomic E-state index is 0.0303. The van der Waals surface area contributed by atoms with E-state index in [1.165, 1.54) is 18.2 Å². The molecule has 2 unspecified atom stereocenters. The van der Waals surface area contributed by atoms with Crippen molar-refractivity contribution in [1.29, 1.82) is 0 Å². The number of benzene rings is 2. The van der Waals surface area contributed by atoms with Crippen LogP contribution >= 0.6 is 0 Å². The molecule has 9 heteroatoms. The Kier molecular flexibility index (Phi) is 8.32. The van der Waals surface area contributed by atoms with E-state index in [1.807, 2.05) is 0 Å². The van der Waals surface area contributed by atoms with Gasteiger partial charge in [0.15, 0.2) is 0 Å². The first-order valence-corrected chi connectivity index (χ1v) is 12.6. The highest BCUT2D eigenvalue weighted by molar-refractivity contribution is 5.91. The number of amides is 1. The molecule has 1 saturated carbocycles. The molecular weight excluding hydrogens is 485 g/mol. The van der Waals surface area contributed by atoms with Gasteiger partial charge >= 0.3 is 6.18 Å². The van der Waals surface area contributed by atoms with E-state index >= 15 is 0 Å². The lowest BCUT2D eigenvalue weighted by Crippen LogP contribution is -2.41. The summed E-state index contributed by atoms with van der Waals surface area (Å²) < 4.78 is 45.2. The third-order valence-corrected chi connectivity index (χ3v) is 7.28. The highest BCUT2D eigenvalue weighted by atomic mass is 19.4. The first kappa shape index (κ1) is 26.9. The number of rotatable bonds is 10. The molecule has 0 spiro atoms. The van der Waals surface area contributed by atoms with Crippen LogP contribution in [-0.2, 0) is 31.8 Å². The Balaban J connectivity index is 1.30. The number of nitrogens with one attached hydrogen (secondary N) is 2. The molecule has 1 amide bonds. The van der Waals surface area contributed by atoms with Crippen molar-refractivity contribution >= 4 is 28.8 Å². The van der Waals surface area contributed by atoms with Gasteiger partial charge in [-0.15, -0.1) is 0 Å². The molecule has 1 aliphatic carbocycles. The largest absolute Gasteiger partial charge is 0.418 e. The van der Waals surface area contributed by atoms with Crippen LogP contribution in [0.4, 0.5) is 24.5 Å². The van der Waals surface area contributed by atoms with Gasteiger partial charge in [-0.2, -0.15) is 13.2 Å². The number of anilines is 2. The zero-order chi connectivity index (χ0) is 26.5. The van der Waals surface area contributed by atoms with Gasteiger partial charge in [0.05, 0.1) is 23.3 Å². The molecule has 2 atom stereocenters. The molecule has 2 N–H and O–H groups in total. The molecule has 0 aromatic heterocycles. The average molecular weight is 517 g/mol. The fourth-order valence-electron chi connectivity index (χ4n) is 5.06. The van der Waals surface area contributed by atoms with Crippen molar-refractivity contribution in [2.24, 2.45) is 11.3 Å². The van der Waals surface area contributed by atoms with Gasteiger partial charge in [-0.25, -0.2) is 0 Å². The zero-order valence-electron chi connectivity index (χ0n) is 20.5. The second kappa shape index (κ2) is 11.5. The molecule has 1 aliphatic heterocycles. The third-order valence-electron chi connectivity index (χ3n) is 7.28. The monoisotopic (exact) mass is 516 g/mol. The number of carbonyl (C=O) groups excluding carboxylic acids is 3. The van der Waals surface area contributed by atoms with Crippen molar-refractivity contribution in [3.8, 4) is 0 Å². The van der Waals surface area contributed by atoms with Gasteiger partial charge < -0.3 is 15.4 Å². The first-order chi connectivity index (χ1) is 17.7. The standard InChI is InChI=1S/C28H31F3N2O4/c29-28(30,31)23-4-1-2-5-24(23)33-21-10-7-19(8-11-21)17-32-26(36)27(14-15-37-18-27)13-3-6-25(35)20-9-12-22(34)16-20/h1-2,4-5,7-8,10-11,20,33H,3,6,9,12-18H2,(H,32,36). The number of ketones is 2. The number of alkyl halides is 3. The third kappa shape index (κ3) is 6.77. The summed E-state index contributed by atoms with van der Waals surface area (Å²) in [6, 6.07) is 12.1. The lowest BCUT2D eigenvalue weighted by Gasteiger charge is -2.26. The molecule has 1 saturated heterocycles. The van der Waals surface area contributed by atoms with E-state index in [9.17, 15) is 27.6 Å². The maximum absolute atomic E-state index is 13.2. The predicted octanol–water partition coefficient (Wildman–Crippen LogP) is 5.58. The van der Waals surface area contributed by atoms with Crippen molar-refractivity contribution in [2.45, 2.75) is 57.7 Å². The number of carbonyl (C=O) groups is 3. The van der Waals surface area contributed by atoms with Crippen molar-refractivity contribution in [1.82, 2.24) is 5.32 Å². The Bertz CT molecular complexity index is 1120. The summed E-state index contributed by atoms with van der Waals surface area (Å²) in [6.07, 6.45) is -0.959. The number of halogens is 3. The number of para-hydroxylation sites is 1. The molecule has 198 valence electrons. The SMILES string of the molecule is O=C1CCC(C(=O)CCCC2(C(=O)NCc3ccc(Nc4ccccc4C(F)(F)F)cc3)CCOC2)C1. The predicted molar refractivity (Wildman–Crippen MR) is 132 cm³/mol. The van der Waals surface area contributed by atoms with E-state index in [-0.39, 0.29) is 35.6 Å². The molecule has 2 aromatic carbocycles. The van der Waals surface area contributed by atoms with Gasteiger partial charge in [0, 0.05) is 44.0 Å². The van der Waals surface area contributed by atoms with Gasteiger partial charge in [0.2, 0.25) is 5.91 Å². The molecular formula is C28H31F3N2O4. The summed E-state index contributed by atoms with van der Waals surface area (Å²) in [6.45, 7) is 1.05. The molecule has 0 radical (unpaired) electrons. The summed E-state index contributed by atoms with van der Waals surface area (Å²) in [5.74, 6) is -0.0495. The maximum atomic E-state index is 13.2. The van der Waals surface area contributed by atoms with Crippen LogP contribution in [0.2, 0.25) is 0 Å². The molecule has 2 aromatic rings. The van der Waals surface area contributed by atoms with Crippen LogP contribution in [0.3, 0.4) is 0 Å². The fraction of sp³-hybridized carbons (Fsp3) is 0.464. The van der Waals surface area contributed by atoms with Crippen LogP contribution < -0.4 is 10.6 Å². The van der Waals surface area contributed by atoms with E-state index in [0.717, 1.165) is 11.6 Å². The van der Waals surface area contributed by atoms with Crippen molar-refractivity contribution in [3.63, 3.8) is 0 Å². The van der Waals surface area contributed by atoms with Crippen LogP contribution in [0.1, 0.15) is 56.1 Å². The Morgan fingerprint density at radius 2 is 1.84 bits per heavy atom. The molecule has 2 aliphatic rings. The summed E-state index contributed by atoms with van der Waals surface area (Å²) >= 11 is 0. The van der Waals surface area contributed by atoms with E-state index in [2.05, 4.69) is 10.6 Å². The highest BCUT2D eigenvalue weighted by Crippen LogP contribution is 2.37. The van der Waals surface area contributed by atoms with E-state index in [4.69, 9.17) is 4.74 Å². The Morgan fingerprint density at radius 1 is 1.08 bits per heavy atom. The summed E-state index contributed by atoms with van der Waals surface area (Å²) in [7, 11) is 0. The highest BCUT2D eigenvalue weighted by Gasteiger charge is 2.42. The van der Waals surface area contributed by atoms with Gasteiger partial charge in [-0.05, 0) is 55.5 Å². The fourth-order valence-corrected chi connectivity index (χ4v) is 5.06. The Hall–Kier alpha value is -3.20. The van der Waals surface area contributed by atoms with Gasteiger partial charge in [0.1, 0.15) is 11.6 Å². The lowest BCUT2D eigenvalue weighted by molar-refractivity contribution is -0.137. The number of ether oxygens (including phenoxy) is 1. The molecule has 2 fully saturated rings.